The van der Waals surface area contributed by atoms with Crippen molar-refractivity contribution in [2.24, 2.45) is 0 Å². The molecule has 0 aromatic heterocycles. The average molecular weight is 320 g/mol. The summed E-state index contributed by atoms with van der Waals surface area (Å²) in [6.45, 7) is 4.68. The van der Waals surface area contributed by atoms with E-state index in [2.05, 4.69) is 29.6 Å². The fourth-order valence-electron chi connectivity index (χ4n) is 2.92. The Morgan fingerprint density at radius 2 is 1.71 bits per heavy atom. The Morgan fingerprint density at radius 1 is 0.958 bits per heavy atom. The Kier molecular flexibility index (Phi) is 4.56. The number of nitrogens with two attached hydrogens (primary N) is 1. The number of fused-ring (bicyclic) bond motifs is 1. The van der Waals surface area contributed by atoms with Crippen molar-refractivity contribution in [3.63, 3.8) is 0 Å². The maximum atomic E-state index is 10.9. The van der Waals surface area contributed by atoms with Gasteiger partial charge in [-0.3, -0.25) is 0 Å². The molecular formula is C21H24N2O. The molecule has 124 valence electrons. The van der Waals surface area contributed by atoms with Gasteiger partial charge in [-0.25, -0.2) is 0 Å². The molecule has 0 fully saturated rings. The van der Waals surface area contributed by atoms with Gasteiger partial charge in [-0.05, 0) is 53.9 Å². The molecule has 3 aromatic carbocycles. The number of anilines is 1. The molecule has 0 bridgehead atoms. The van der Waals surface area contributed by atoms with E-state index in [-0.39, 0.29) is 0 Å². The zero-order chi connectivity index (χ0) is 17.2. The van der Waals surface area contributed by atoms with E-state index in [0.29, 0.717) is 6.54 Å². The summed E-state index contributed by atoms with van der Waals surface area (Å²) in [4.78, 5) is 0. The van der Waals surface area contributed by atoms with Gasteiger partial charge in [0.05, 0.1) is 6.10 Å². The maximum absolute atomic E-state index is 10.9. The highest BCUT2D eigenvalue weighted by Gasteiger charge is 2.28. The van der Waals surface area contributed by atoms with Crippen LogP contribution in [0.15, 0.2) is 66.7 Å². The first-order valence-electron chi connectivity index (χ1n) is 8.22. The molecule has 3 heteroatoms. The van der Waals surface area contributed by atoms with E-state index in [4.69, 9.17) is 5.73 Å². The van der Waals surface area contributed by atoms with Crippen LogP contribution < -0.4 is 11.1 Å². The number of aliphatic hydroxyl groups excluding tert-OH is 1. The Balaban J connectivity index is 1.76. The summed E-state index contributed by atoms with van der Waals surface area (Å²) in [5.74, 6) is 0. The van der Waals surface area contributed by atoms with Crippen LogP contribution in [0.3, 0.4) is 0 Å². The van der Waals surface area contributed by atoms with E-state index >= 15 is 0 Å². The number of hydrogen-bond donors (Lipinski definition) is 3. The molecule has 4 N–H and O–H groups in total. The van der Waals surface area contributed by atoms with Crippen molar-refractivity contribution in [3.8, 4) is 0 Å². The quantitative estimate of drug-likeness (QED) is 0.622. The smallest absolute Gasteiger partial charge is 0.0966 e. The standard InChI is InChI=1S/C21H24N2O/c1-21(2,23-14-15-6-5-9-19(22)12-15)20(24)18-11-10-16-7-3-4-8-17(16)13-18/h3-13,20,23-24H,14,22H2,1-2H3. The largest absolute Gasteiger partial charge is 0.399 e. The Labute approximate surface area is 143 Å². The lowest BCUT2D eigenvalue weighted by Crippen LogP contribution is -2.44. The molecule has 0 radical (unpaired) electrons. The lowest BCUT2D eigenvalue weighted by molar-refractivity contribution is 0.0793. The zero-order valence-corrected chi connectivity index (χ0v) is 14.2. The molecule has 0 saturated carbocycles. The number of nitrogens with one attached hydrogen (secondary N) is 1. The van der Waals surface area contributed by atoms with Gasteiger partial charge in [0.2, 0.25) is 0 Å². The van der Waals surface area contributed by atoms with Gasteiger partial charge in [0.15, 0.2) is 0 Å². The van der Waals surface area contributed by atoms with E-state index in [1.165, 1.54) is 5.39 Å². The number of aliphatic hydroxyl groups is 1. The van der Waals surface area contributed by atoms with Gasteiger partial charge in [0.25, 0.3) is 0 Å². The Hall–Kier alpha value is -2.36. The van der Waals surface area contributed by atoms with Crippen molar-refractivity contribution in [2.45, 2.75) is 32.0 Å². The number of hydrogen-bond acceptors (Lipinski definition) is 3. The summed E-state index contributed by atoms with van der Waals surface area (Å²) in [7, 11) is 0. The van der Waals surface area contributed by atoms with Crippen LogP contribution in [-0.4, -0.2) is 10.6 Å². The molecule has 24 heavy (non-hydrogen) atoms. The first-order chi connectivity index (χ1) is 11.5. The van der Waals surface area contributed by atoms with Crippen molar-refractivity contribution >= 4 is 16.5 Å². The average Bonchev–Trinajstić information content (AvgIpc) is 2.59. The molecular weight excluding hydrogens is 296 g/mol. The van der Waals surface area contributed by atoms with E-state index in [1.807, 2.05) is 56.3 Å². The van der Waals surface area contributed by atoms with E-state index < -0.39 is 11.6 Å². The maximum Gasteiger partial charge on any atom is 0.0966 e. The minimum Gasteiger partial charge on any atom is -0.399 e. The van der Waals surface area contributed by atoms with E-state index in [0.717, 1.165) is 22.2 Å². The highest BCUT2D eigenvalue weighted by atomic mass is 16.3. The third kappa shape index (κ3) is 3.58. The predicted octanol–water partition coefficient (Wildman–Crippen LogP) is 4.02. The highest BCUT2D eigenvalue weighted by molar-refractivity contribution is 5.83. The van der Waals surface area contributed by atoms with E-state index in [1.54, 1.807) is 0 Å². The zero-order valence-electron chi connectivity index (χ0n) is 14.2. The normalized spacial score (nSPS) is 13.1. The molecule has 0 aliphatic rings. The number of nitrogen functional groups attached to an aromatic ring is 1. The van der Waals surface area contributed by atoms with Gasteiger partial charge in [-0.15, -0.1) is 0 Å². The highest BCUT2D eigenvalue weighted by Crippen LogP contribution is 2.28. The van der Waals surface area contributed by atoms with Crippen LogP contribution in [0.1, 0.15) is 31.1 Å². The van der Waals surface area contributed by atoms with Crippen LogP contribution in [0, 0.1) is 0 Å². The minimum absolute atomic E-state index is 0.465. The Morgan fingerprint density at radius 3 is 2.46 bits per heavy atom. The van der Waals surface area contributed by atoms with Crippen LogP contribution >= 0.6 is 0 Å². The summed E-state index contributed by atoms with van der Waals surface area (Å²) in [5.41, 5.74) is 8.13. The fourth-order valence-corrected chi connectivity index (χ4v) is 2.92. The summed E-state index contributed by atoms with van der Waals surface area (Å²) in [5, 5.41) is 16.6. The summed E-state index contributed by atoms with van der Waals surface area (Å²) < 4.78 is 0. The van der Waals surface area contributed by atoms with Crippen molar-refractivity contribution in [1.29, 1.82) is 0 Å². The van der Waals surface area contributed by atoms with Crippen molar-refractivity contribution in [3.05, 3.63) is 77.9 Å². The van der Waals surface area contributed by atoms with Gasteiger partial charge < -0.3 is 16.2 Å². The van der Waals surface area contributed by atoms with Gasteiger partial charge in [-0.1, -0.05) is 48.5 Å². The molecule has 3 nitrogen and oxygen atoms in total. The molecule has 1 unspecified atom stereocenters. The minimum atomic E-state index is -0.608. The molecule has 0 amide bonds. The molecule has 3 aromatic rings. The first kappa shape index (κ1) is 16.5. The van der Waals surface area contributed by atoms with Crippen molar-refractivity contribution < 1.29 is 5.11 Å². The second-order valence-electron chi connectivity index (χ2n) is 6.83. The summed E-state index contributed by atoms with van der Waals surface area (Å²) >= 11 is 0. The van der Waals surface area contributed by atoms with Crippen LogP contribution in [0.2, 0.25) is 0 Å². The molecule has 3 rings (SSSR count). The molecule has 0 aliphatic heterocycles. The third-order valence-electron chi connectivity index (χ3n) is 4.47. The van der Waals surface area contributed by atoms with Crippen LogP contribution in [0.4, 0.5) is 5.69 Å². The number of rotatable bonds is 5. The number of benzene rings is 3. The molecule has 0 aliphatic carbocycles. The second-order valence-corrected chi connectivity index (χ2v) is 6.83. The van der Waals surface area contributed by atoms with Crippen molar-refractivity contribution in [1.82, 2.24) is 5.32 Å². The summed E-state index contributed by atoms with van der Waals surface area (Å²) in [6.07, 6.45) is -0.608. The van der Waals surface area contributed by atoms with Crippen LogP contribution in [0.5, 0.6) is 0 Å². The monoisotopic (exact) mass is 320 g/mol. The lowest BCUT2D eigenvalue weighted by Gasteiger charge is -2.32. The third-order valence-corrected chi connectivity index (χ3v) is 4.47. The fraction of sp³-hybridized carbons (Fsp3) is 0.238. The molecule has 0 saturated heterocycles. The molecule has 1 atom stereocenters. The van der Waals surface area contributed by atoms with Crippen LogP contribution in [0.25, 0.3) is 10.8 Å². The summed E-state index contributed by atoms with van der Waals surface area (Å²) in [6, 6.07) is 22.1. The predicted molar refractivity (Wildman–Crippen MR) is 101 cm³/mol. The first-order valence-corrected chi connectivity index (χ1v) is 8.22. The second kappa shape index (κ2) is 6.63. The van der Waals surface area contributed by atoms with Gasteiger partial charge in [-0.2, -0.15) is 0 Å². The van der Waals surface area contributed by atoms with E-state index in [9.17, 15) is 5.11 Å². The topological polar surface area (TPSA) is 58.3 Å². The van der Waals surface area contributed by atoms with Gasteiger partial charge >= 0.3 is 0 Å². The van der Waals surface area contributed by atoms with Gasteiger partial charge in [0, 0.05) is 17.8 Å². The SMILES string of the molecule is CC(C)(NCc1cccc(N)c1)C(O)c1ccc2ccccc2c1. The van der Waals surface area contributed by atoms with Gasteiger partial charge in [0.1, 0.15) is 0 Å². The lowest BCUT2D eigenvalue weighted by atomic mass is 9.90. The molecule has 0 spiro atoms. The Bertz CT molecular complexity index is 842. The molecule has 0 heterocycles. The van der Waals surface area contributed by atoms with Crippen LogP contribution in [-0.2, 0) is 6.54 Å². The van der Waals surface area contributed by atoms with Crippen molar-refractivity contribution in [2.75, 3.05) is 5.73 Å².